The molecule has 22 heteroatoms. The van der Waals surface area contributed by atoms with Crippen LogP contribution in [0.15, 0.2) is 34.3 Å². The fraction of sp³-hybridized carbons (Fsp3) is 0.604. The van der Waals surface area contributed by atoms with Crippen molar-refractivity contribution in [3.8, 4) is 32.5 Å². The number of morpholine rings is 2. The van der Waals surface area contributed by atoms with Crippen LogP contribution in [0.3, 0.4) is 0 Å². The Morgan fingerprint density at radius 2 is 0.933 bits per heavy atom. The van der Waals surface area contributed by atoms with E-state index < -0.39 is 0 Å². The molecule has 3 saturated carbocycles. The molecule has 6 unspecified atom stereocenters. The summed E-state index contributed by atoms with van der Waals surface area (Å²) in [5.41, 5.74) is 2.96. The second-order valence-electron chi connectivity index (χ2n) is 20.5. The molecule has 2 N–H and O–H groups in total. The van der Waals surface area contributed by atoms with Crippen molar-refractivity contribution in [1.29, 1.82) is 0 Å². The van der Waals surface area contributed by atoms with Crippen LogP contribution in [-0.4, -0.2) is 135 Å². The quantitative estimate of drug-likeness (QED) is 0.151. The Morgan fingerprint density at radius 3 is 1.35 bits per heavy atom. The van der Waals surface area contributed by atoms with Crippen LogP contribution in [-0.2, 0) is 9.47 Å². The number of aromatic nitrogens is 9. The number of nitrogens with one attached hydrogen (secondary N) is 2. The van der Waals surface area contributed by atoms with Gasteiger partial charge in [0.05, 0.1) is 26.4 Å². The average molecular weight is 1140 g/mol. The Bertz CT molecular complexity index is 2750. The van der Waals surface area contributed by atoms with E-state index in [0.717, 1.165) is 145 Å². The van der Waals surface area contributed by atoms with Gasteiger partial charge in [-0.05, 0) is 83.6 Å². The van der Waals surface area contributed by atoms with Crippen LogP contribution < -0.4 is 25.3 Å². The number of anilines is 3. The van der Waals surface area contributed by atoms with Crippen molar-refractivity contribution in [2.24, 2.45) is 17.8 Å². The number of hydrogen-bond donors (Lipinski definition) is 2. The van der Waals surface area contributed by atoms with Gasteiger partial charge in [-0.3, -0.25) is 0 Å². The fourth-order valence-corrected chi connectivity index (χ4v) is 13.9. The van der Waals surface area contributed by atoms with E-state index in [1.54, 1.807) is 22.7 Å². The Labute approximate surface area is 468 Å². The molecule has 6 atom stereocenters. The van der Waals surface area contributed by atoms with E-state index in [1.807, 2.05) is 37.6 Å². The first-order valence-electron chi connectivity index (χ1n) is 26.9. The third-order valence-electron chi connectivity index (χ3n) is 15.2. The van der Waals surface area contributed by atoms with Crippen LogP contribution in [0.2, 0.25) is 15.5 Å². The van der Waals surface area contributed by atoms with Gasteiger partial charge in [0.2, 0.25) is 0 Å². The number of rotatable bonds is 6. The molecular formula is C53H69Cl3N14O2S3. The minimum absolute atomic E-state index is 0.327. The molecule has 6 aromatic rings. The SMILES string of the molecule is C1CCC2NCC2C1.C1COCCN1.Cc1csc(-c2nc(Cl)cc(Cl)n2)n1.Cc1csc(-c2nc(Cl)cc(N3CC4CCCCC43)n2)n1.Cc1csc(-c2nc(N3CCOCC3)cc(N3CC4CCCCC43)n2)n1. The molecule has 5 aliphatic heterocycles. The van der Waals surface area contributed by atoms with Crippen molar-refractivity contribution in [2.75, 3.05) is 86.9 Å². The van der Waals surface area contributed by atoms with Gasteiger partial charge in [-0.1, -0.05) is 73.3 Å². The first-order chi connectivity index (χ1) is 36.6. The minimum Gasteiger partial charge on any atom is -0.379 e. The number of ether oxygens (including phenoxy) is 2. The standard InChI is InChI=1S/C19H25N5OS.C15H17ClN4S.C8H5Cl2N3S.C7H13N.C4H9NO/c1-13-12-26-19(20-13)18-21-16(23-6-8-25-9-7-23)10-17(22-18)24-11-14-4-2-3-5-15(14)24;1-9-8-21-15(17-9)14-18-12(16)6-13(19-14)20-7-10-4-2-3-5-11(10)20;1-4-3-14-8(11-4)7-12-5(9)2-6(10)13-7;1-2-4-7-6(3-1)5-8-7;1-3-6-4-2-5-1/h10,12,14-15H,2-9,11H2,1H3;6,8,10-11H,2-5,7H2,1H3;2-3H,1H3;6-8H,1-5H2;5H,1-4H2. The van der Waals surface area contributed by atoms with Gasteiger partial charge < -0.3 is 34.8 Å². The number of halogens is 3. The lowest BCUT2D eigenvalue weighted by molar-refractivity contribution is 0.109. The van der Waals surface area contributed by atoms with E-state index in [-0.39, 0.29) is 0 Å². The van der Waals surface area contributed by atoms with E-state index in [1.165, 1.54) is 101 Å². The summed E-state index contributed by atoms with van der Waals surface area (Å²) in [6, 6.07) is 7.81. The minimum atomic E-state index is 0.327. The highest BCUT2D eigenvalue weighted by molar-refractivity contribution is 7.13. The fourth-order valence-electron chi connectivity index (χ4n) is 11.2. The first-order valence-corrected chi connectivity index (χ1v) is 30.7. The summed E-state index contributed by atoms with van der Waals surface area (Å²) in [7, 11) is 0. The van der Waals surface area contributed by atoms with Crippen LogP contribution in [0, 0.1) is 38.5 Å². The van der Waals surface area contributed by atoms with Crippen LogP contribution in [0.1, 0.15) is 94.1 Å². The summed E-state index contributed by atoms with van der Waals surface area (Å²) in [6.45, 7) is 16.6. The third-order valence-corrected chi connectivity index (χ3v) is 18.6. The molecule has 11 heterocycles. The Kier molecular flexibility index (Phi) is 19.1. The monoisotopic (exact) mass is 1130 g/mol. The van der Waals surface area contributed by atoms with Gasteiger partial charge in [-0.2, -0.15) is 0 Å². The van der Waals surface area contributed by atoms with Gasteiger partial charge in [0, 0.05) is 109 Å². The van der Waals surface area contributed by atoms with Crippen molar-refractivity contribution < 1.29 is 9.47 Å². The lowest BCUT2D eigenvalue weighted by Crippen LogP contribution is -2.58. The average Bonchev–Trinajstić information content (AvgIpc) is 4.17. The maximum atomic E-state index is 6.21. The second-order valence-corrected chi connectivity index (χ2v) is 24.3. The Morgan fingerprint density at radius 1 is 0.493 bits per heavy atom. The van der Waals surface area contributed by atoms with Gasteiger partial charge in [0.15, 0.2) is 32.5 Å². The van der Waals surface area contributed by atoms with Gasteiger partial charge in [-0.25, -0.2) is 44.9 Å². The molecule has 0 spiro atoms. The molecule has 402 valence electrons. The highest BCUT2D eigenvalue weighted by atomic mass is 35.5. The zero-order chi connectivity index (χ0) is 51.7. The lowest BCUT2D eigenvalue weighted by atomic mass is 9.77. The van der Waals surface area contributed by atoms with Crippen molar-refractivity contribution in [3.05, 3.63) is 66.9 Å². The highest BCUT2D eigenvalue weighted by Gasteiger charge is 2.42. The van der Waals surface area contributed by atoms with E-state index in [0.29, 0.717) is 39.2 Å². The molecule has 8 fully saturated rings. The van der Waals surface area contributed by atoms with Gasteiger partial charge in [0.1, 0.15) is 32.9 Å². The van der Waals surface area contributed by atoms with Crippen molar-refractivity contribution >= 4 is 86.3 Å². The number of hydrogen-bond acceptors (Lipinski definition) is 19. The first kappa shape index (κ1) is 54.6. The molecular weight excluding hydrogens is 1070 g/mol. The number of aryl methyl sites for hydroxylation is 3. The molecule has 14 rings (SSSR count). The number of thiazole rings is 3. The Balaban J connectivity index is 0.000000116. The largest absolute Gasteiger partial charge is 0.379 e. The lowest BCUT2D eigenvalue weighted by Gasteiger charge is -2.51. The molecule has 8 aliphatic rings. The van der Waals surface area contributed by atoms with Gasteiger partial charge in [0.25, 0.3) is 0 Å². The number of nitrogens with zero attached hydrogens (tertiary/aromatic N) is 12. The van der Waals surface area contributed by atoms with Crippen molar-refractivity contribution in [1.82, 2.24) is 55.5 Å². The molecule has 75 heavy (non-hydrogen) atoms. The predicted molar refractivity (Wildman–Crippen MR) is 305 cm³/mol. The van der Waals surface area contributed by atoms with Crippen LogP contribution in [0.5, 0.6) is 0 Å². The Hall–Kier alpha value is -3.76. The maximum Gasteiger partial charge on any atom is 0.192 e. The van der Waals surface area contributed by atoms with E-state index in [9.17, 15) is 0 Å². The molecule has 0 bridgehead atoms. The highest BCUT2D eigenvalue weighted by Crippen LogP contribution is 2.42. The molecule has 0 aromatic carbocycles. The smallest absolute Gasteiger partial charge is 0.192 e. The normalized spacial score (nSPS) is 24.5. The van der Waals surface area contributed by atoms with E-state index >= 15 is 0 Å². The summed E-state index contributed by atoms with van der Waals surface area (Å²) >= 11 is 22.4. The summed E-state index contributed by atoms with van der Waals surface area (Å²) in [6.07, 6.45) is 16.7. The van der Waals surface area contributed by atoms with Gasteiger partial charge in [-0.15, -0.1) is 34.0 Å². The summed E-state index contributed by atoms with van der Waals surface area (Å²) in [5.74, 6) is 7.71. The topological polar surface area (TPSA) is 168 Å². The van der Waals surface area contributed by atoms with Crippen LogP contribution in [0.4, 0.5) is 17.5 Å². The molecule has 3 aliphatic carbocycles. The molecule has 0 amide bonds. The van der Waals surface area contributed by atoms with Crippen LogP contribution >= 0.6 is 68.8 Å². The maximum absolute atomic E-state index is 6.21. The summed E-state index contributed by atoms with van der Waals surface area (Å²) < 4.78 is 10.5. The van der Waals surface area contributed by atoms with Gasteiger partial charge >= 0.3 is 0 Å². The van der Waals surface area contributed by atoms with E-state index in [4.69, 9.17) is 59.2 Å². The summed E-state index contributed by atoms with van der Waals surface area (Å²) in [4.78, 5) is 47.4. The van der Waals surface area contributed by atoms with E-state index in [2.05, 4.69) is 66.7 Å². The third kappa shape index (κ3) is 14.3. The summed E-state index contributed by atoms with van der Waals surface area (Å²) in [5, 5.41) is 16.3. The zero-order valence-electron chi connectivity index (χ0n) is 43.2. The zero-order valence-corrected chi connectivity index (χ0v) is 48.0. The molecule has 5 saturated heterocycles. The molecule has 16 nitrogen and oxygen atoms in total. The van der Waals surface area contributed by atoms with Crippen molar-refractivity contribution in [2.45, 2.75) is 116 Å². The predicted octanol–water partition coefficient (Wildman–Crippen LogP) is 11.0. The molecule has 0 radical (unpaired) electrons. The second kappa shape index (κ2) is 26.3. The molecule has 6 aromatic heterocycles. The van der Waals surface area contributed by atoms with Crippen LogP contribution in [0.25, 0.3) is 32.5 Å². The number of fused-ring (bicyclic) bond motifs is 3. The van der Waals surface area contributed by atoms with Crippen molar-refractivity contribution in [3.63, 3.8) is 0 Å².